The highest BCUT2D eigenvalue weighted by atomic mass is 35.5. The standard InChI is InChI=1S/C12H15ClN2O3/c1-3-9(4-2)14-12(16)10-6-5-8(13)7-11(10)15(17)18/h5-7,9H,3-4H2,1-2H3,(H,14,16). The van der Waals surface area contributed by atoms with Crippen LogP contribution in [0.3, 0.4) is 0 Å². The molecule has 18 heavy (non-hydrogen) atoms. The summed E-state index contributed by atoms with van der Waals surface area (Å²) in [6.45, 7) is 3.90. The zero-order chi connectivity index (χ0) is 13.7. The van der Waals surface area contributed by atoms with E-state index < -0.39 is 10.8 Å². The molecule has 0 saturated carbocycles. The van der Waals surface area contributed by atoms with Gasteiger partial charge in [-0.3, -0.25) is 14.9 Å². The van der Waals surface area contributed by atoms with E-state index in [4.69, 9.17) is 11.6 Å². The van der Waals surface area contributed by atoms with Gasteiger partial charge < -0.3 is 5.32 Å². The SMILES string of the molecule is CCC(CC)NC(=O)c1ccc(Cl)cc1[N+](=O)[O-]. The predicted octanol–water partition coefficient (Wildman–Crippen LogP) is 3.17. The highest BCUT2D eigenvalue weighted by molar-refractivity contribution is 6.31. The van der Waals surface area contributed by atoms with Gasteiger partial charge in [0.1, 0.15) is 5.56 Å². The second kappa shape index (κ2) is 6.35. The number of halogens is 1. The van der Waals surface area contributed by atoms with Crippen molar-refractivity contribution in [2.75, 3.05) is 0 Å². The third kappa shape index (κ3) is 3.43. The molecule has 1 amide bonds. The number of carbonyl (C=O) groups is 1. The average molecular weight is 271 g/mol. The molecule has 0 spiro atoms. The van der Waals surface area contributed by atoms with Crippen LogP contribution >= 0.6 is 11.6 Å². The largest absolute Gasteiger partial charge is 0.349 e. The van der Waals surface area contributed by atoms with Gasteiger partial charge in [0.2, 0.25) is 0 Å². The molecule has 1 aromatic carbocycles. The smallest absolute Gasteiger partial charge is 0.283 e. The van der Waals surface area contributed by atoms with Gasteiger partial charge in [0, 0.05) is 17.1 Å². The molecule has 6 heteroatoms. The van der Waals surface area contributed by atoms with Crippen LogP contribution in [0, 0.1) is 10.1 Å². The molecule has 0 fully saturated rings. The molecule has 0 aromatic heterocycles. The van der Waals surface area contributed by atoms with Crippen molar-refractivity contribution in [3.8, 4) is 0 Å². The summed E-state index contributed by atoms with van der Waals surface area (Å²) >= 11 is 5.69. The number of nitro groups is 1. The number of carbonyl (C=O) groups excluding carboxylic acids is 1. The Balaban J connectivity index is 3.02. The zero-order valence-electron chi connectivity index (χ0n) is 10.3. The number of nitrogens with zero attached hydrogens (tertiary/aromatic N) is 1. The van der Waals surface area contributed by atoms with Crippen LogP contribution in [-0.4, -0.2) is 16.9 Å². The topological polar surface area (TPSA) is 72.2 Å². The summed E-state index contributed by atoms with van der Waals surface area (Å²) < 4.78 is 0. The Morgan fingerprint density at radius 1 is 1.44 bits per heavy atom. The van der Waals surface area contributed by atoms with Crippen molar-refractivity contribution in [1.29, 1.82) is 0 Å². The maximum absolute atomic E-state index is 12.0. The van der Waals surface area contributed by atoms with Crippen molar-refractivity contribution in [3.63, 3.8) is 0 Å². The lowest BCUT2D eigenvalue weighted by Crippen LogP contribution is -2.34. The fraction of sp³-hybridized carbons (Fsp3) is 0.417. The summed E-state index contributed by atoms with van der Waals surface area (Å²) in [5.41, 5.74) is -0.234. The molecule has 0 aliphatic heterocycles. The van der Waals surface area contributed by atoms with Crippen LogP contribution in [0.15, 0.2) is 18.2 Å². The van der Waals surface area contributed by atoms with Crippen LogP contribution in [0.1, 0.15) is 37.0 Å². The molecular weight excluding hydrogens is 256 g/mol. The minimum absolute atomic E-state index is 0.0211. The fourth-order valence-electron chi connectivity index (χ4n) is 1.60. The Hall–Kier alpha value is -1.62. The third-order valence-electron chi connectivity index (χ3n) is 2.72. The first kappa shape index (κ1) is 14.4. The molecule has 0 aliphatic carbocycles. The van der Waals surface area contributed by atoms with E-state index in [9.17, 15) is 14.9 Å². The Kier molecular flexibility index (Phi) is 5.09. The third-order valence-corrected chi connectivity index (χ3v) is 2.96. The molecule has 1 rings (SSSR count). The Labute approximate surface area is 110 Å². The van der Waals surface area contributed by atoms with Gasteiger partial charge in [-0.1, -0.05) is 25.4 Å². The lowest BCUT2D eigenvalue weighted by atomic mass is 10.1. The van der Waals surface area contributed by atoms with E-state index in [1.165, 1.54) is 18.2 Å². The van der Waals surface area contributed by atoms with Crippen LogP contribution in [0.4, 0.5) is 5.69 Å². The monoisotopic (exact) mass is 270 g/mol. The molecule has 98 valence electrons. The summed E-state index contributed by atoms with van der Waals surface area (Å²) in [5.74, 6) is -0.438. The Bertz CT molecular complexity index is 459. The Morgan fingerprint density at radius 2 is 2.06 bits per heavy atom. The van der Waals surface area contributed by atoms with Gasteiger partial charge in [-0.15, -0.1) is 0 Å². The molecule has 1 N–H and O–H groups in total. The quantitative estimate of drug-likeness (QED) is 0.660. The molecular formula is C12H15ClN2O3. The molecule has 0 aliphatic rings. The average Bonchev–Trinajstić information content (AvgIpc) is 2.35. The summed E-state index contributed by atoms with van der Waals surface area (Å²) in [6, 6.07) is 4.05. The van der Waals surface area contributed by atoms with E-state index >= 15 is 0 Å². The maximum atomic E-state index is 12.0. The van der Waals surface area contributed by atoms with E-state index in [1.807, 2.05) is 13.8 Å². The summed E-state index contributed by atoms with van der Waals surface area (Å²) in [5, 5.41) is 13.9. The van der Waals surface area contributed by atoms with Gasteiger partial charge in [0.25, 0.3) is 11.6 Å². The van der Waals surface area contributed by atoms with E-state index in [1.54, 1.807) is 0 Å². The van der Waals surface area contributed by atoms with Gasteiger partial charge in [-0.25, -0.2) is 0 Å². The highest BCUT2D eigenvalue weighted by Crippen LogP contribution is 2.23. The van der Waals surface area contributed by atoms with Crippen molar-refractivity contribution < 1.29 is 9.72 Å². The van der Waals surface area contributed by atoms with Crippen LogP contribution in [0.25, 0.3) is 0 Å². The van der Waals surface area contributed by atoms with Gasteiger partial charge in [0.15, 0.2) is 0 Å². The normalized spacial score (nSPS) is 10.4. The fourth-order valence-corrected chi connectivity index (χ4v) is 1.77. The molecule has 0 atom stereocenters. The number of hydrogen-bond acceptors (Lipinski definition) is 3. The van der Waals surface area contributed by atoms with Crippen molar-refractivity contribution in [2.24, 2.45) is 0 Å². The van der Waals surface area contributed by atoms with Crippen LogP contribution in [0.5, 0.6) is 0 Å². The van der Waals surface area contributed by atoms with E-state index in [0.717, 1.165) is 12.8 Å². The van der Waals surface area contributed by atoms with Gasteiger partial charge in [0.05, 0.1) is 4.92 Å². The molecule has 0 radical (unpaired) electrons. The lowest BCUT2D eigenvalue weighted by molar-refractivity contribution is -0.385. The first-order valence-corrected chi connectivity index (χ1v) is 6.12. The highest BCUT2D eigenvalue weighted by Gasteiger charge is 2.21. The number of nitro benzene ring substituents is 1. The second-order valence-corrected chi connectivity index (χ2v) is 4.34. The maximum Gasteiger partial charge on any atom is 0.283 e. The minimum atomic E-state index is -0.603. The molecule has 1 aromatic rings. The van der Waals surface area contributed by atoms with Gasteiger partial charge in [-0.2, -0.15) is 0 Å². The van der Waals surface area contributed by atoms with Crippen LogP contribution in [0.2, 0.25) is 5.02 Å². The van der Waals surface area contributed by atoms with Crippen LogP contribution < -0.4 is 5.32 Å². The number of nitrogens with one attached hydrogen (secondary N) is 1. The second-order valence-electron chi connectivity index (χ2n) is 3.91. The first-order valence-electron chi connectivity index (χ1n) is 5.74. The van der Waals surface area contributed by atoms with Crippen molar-refractivity contribution in [3.05, 3.63) is 38.9 Å². The summed E-state index contributed by atoms with van der Waals surface area (Å²) in [4.78, 5) is 22.2. The summed E-state index contributed by atoms with van der Waals surface area (Å²) in [7, 11) is 0. The Morgan fingerprint density at radius 3 is 2.56 bits per heavy atom. The first-order chi connectivity index (χ1) is 8.49. The van der Waals surface area contributed by atoms with Gasteiger partial charge >= 0.3 is 0 Å². The van der Waals surface area contributed by atoms with E-state index in [0.29, 0.717) is 0 Å². The number of rotatable bonds is 5. The zero-order valence-corrected chi connectivity index (χ0v) is 11.0. The number of benzene rings is 1. The predicted molar refractivity (Wildman–Crippen MR) is 69.9 cm³/mol. The van der Waals surface area contributed by atoms with Crippen molar-refractivity contribution in [2.45, 2.75) is 32.7 Å². The number of amides is 1. The number of hydrogen-bond donors (Lipinski definition) is 1. The molecule has 0 bridgehead atoms. The minimum Gasteiger partial charge on any atom is -0.349 e. The molecule has 5 nitrogen and oxygen atoms in total. The van der Waals surface area contributed by atoms with E-state index in [-0.39, 0.29) is 22.3 Å². The summed E-state index contributed by atoms with van der Waals surface area (Å²) in [6.07, 6.45) is 1.56. The van der Waals surface area contributed by atoms with E-state index in [2.05, 4.69) is 5.32 Å². The van der Waals surface area contributed by atoms with Gasteiger partial charge in [-0.05, 0) is 25.0 Å². The van der Waals surface area contributed by atoms with Crippen molar-refractivity contribution >= 4 is 23.2 Å². The molecule has 0 heterocycles. The lowest BCUT2D eigenvalue weighted by Gasteiger charge is -2.14. The van der Waals surface area contributed by atoms with Crippen molar-refractivity contribution in [1.82, 2.24) is 5.32 Å². The molecule has 0 saturated heterocycles. The molecule has 0 unspecified atom stereocenters. The van der Waals surface area contributed by atoms with Crippen LogP contribution in [-0.2, 0) is 0 Å².